The molecule has 0 spiro atoms. The third-order valence-electron chi connectivity index (χ3n) is 3.00. The minimum Gasteiger partial charge on any atom is -0.491 e. The van der Waals surface area contributed by atoms with Crippen LogP contribution in [0, 0.1) is 11.6 Å². The van der Waals surface area contributed by atoms with Crippen molar-refractivity contribution in [3.63, 3.8) is 0 Å². The number of nitrogens with zero attached hydrogens (tertiary/aromatic N) is 1. The van der Waals surface area contributed by atoms with E-state index in [-0.39, 0.29) is 31.1 Å². The topological polar surface area (TPSA) is 66.8 Å². The second-order valence-electron chi connectivity index (χ2n) is 4.84. The summed E-state index contributed by atoms with van der Waals surface area (Å²) in [5, 5.41) is 8.51. The molecule has 1 amide bonds. The Morgan fingerprint density at radius 3 is 2.59 bits per heavy atom. The summed E-state index contributed by atoms with van der Waals surface area (Å²) in [7, 11) is 1.60. The predicted molar refractivity (Wildman–Crippen MR) is 75.6 cm³/mol. The molecule has 0 atom stereocenters. The number of benzene rings is 1. The Morgan fingerprint density at radius 1 is 1.23 bits per heavy atom. The van der Waals surface area contributed by atoms with Crippen LogP contribution in [0.5, 0.6) is 5.75 Å². The molecule has 1 aromatic rings. The SMILES string of the molecule is CN(CCCC(=O)O)C(=O)CCCOc1ccc(F)cc1F. The number of carbonyl (C=O) groups is 2. The van der Waals surface area contributed by atoms with Gasteiger partial charge in [-0.25, -0.2) is 8.78 Å². The van der Waals surface area contributed by atoms with Crippen LogP contribution >= 0.6 is 0 Å². The van der Waals surface area contributed by atoms with E-state index in [9.17, 15) is 18.4 Å². The largest absolute Gasteiger partial charge is 0.491 e. The first-order valence-electron chi connectivity index (χ1n) is 6.93. The summed E-state index contributed by atoms with van der Waals surface area (Å²) < 4.78 is 31.1. The molecule has 0 aliphatic rings. The molecule has 0 aliphatic heterocycles. The fourth-order valence-corrected chi connectivity index (χ4v) is 1.78. The third-order valence-corrected chi connectivity index (χ3v) is 3.00. The summed E-state index contributed by atoms with van der Waals surface area (Å²) >= 11 is 0. The Labute approximate surface area is 127 Å². The van der Waals surface area contributed by atoms with E-state index < -0.39 is 17.6 Å². The van der Waals surface area contributed by atoms with E-state index in [4.69, 9.17) is 9.84 Å². The molecule has 1 N–H and O–H groups in total. The lowest BCUT2D eigenvalue weighted by molar-refractivity contribution is -0.138. The van der Waals surface area contributed by atoms with Crippen molar-refractivity contribution in [2.45, 2.75) is 25.7 Å². The molecule has 0 heterocycles. The summed E-state index contributed by atoms with van der Waals surface area (Å²) in [4.78, 5) is 23.6. The van der Waals surface area contributed by atoms with E-state index >= 15 is 0 Å². The lowest BCUT2D eigenvalue weighted by atomic mass is 10.2. The van der Waals surface area contributed by atoms with E-state index in [1.807, 2.05) is 0 Å². The maximum atomic E-state index is 13.3. The fourth-order valence-electron chi connectivity index (χ4n) is 1.78. The van der Waals surface area contributed by atoms with Crippen molar-refractivity contribution in [2.24, 2.45) is 0 Å². The van der Waals surface area contributed by atoms with Crippen molar-refractivity contribution in [2.75, 3.05) is 20.2 Å². The Balaban J connectivity index is 2.23. The van der Waals surface area contributed by atoms with Gasteiger partial charge in [-0.2, -0.15) is 0 Å². The molecule has 0 bridgehead atoms. The number of amides is 1. The monoisotopic (exact) mass is 315 g/mol. The Bertz CT molecular complexity index is 522. The average Bonchev–Trinajstić information content (AvgIpc) is 2.44. The third kappa shape index (κ3) is 6.51. The van der Waals surface area contributed by atoms with Crippen LogP contribution in [0.25, 0.3) is 0 Å². The number of ether oxygens (including phenoxy) is 1. The molecule has 5 nitrogen and oxygen atoms in total. The highest BCUT2D eigenvalue weighted by Crippen LogP contribution is 2.17. The van der Waals surface area contributed by atoms with Gasteiger partial charge in [-0.3, -0.25) is 9.59 Å². The van der Waals surface area contributed by atoms with Crippen molar-refractivity contribution < 1.29 is 28.2 Å². The zero-order valence-corrected chi connectivity index (χ0v) is 12.3. The maximum absolute atomic E-state index is 13.3. The number of hydrogen-bond acceptors (Lipinski definition) is 3. The lowest BCUT2D eigenvalue weighted by Gasteiger charge is -2.16. The van der Waals surface area contributed by atoms with Gasteiger partial charge in [0, 0.05) is 32.5 Å². The summed E-state index contributed by atoms with van der Waals surface area (Å²) in [5.41, 5.74) is 0. The highest BCUT2D eigenvalue weighted by molar-refractivity contribution is 5.75. The van der Waals surface area contributed by atoms with E-state index in [1.165, 1.54) is 11.0 Å². The number of carboxylic acid groups (broad SMARTS) is 1. The first-order valence-corrected chi connectivity index (χ1v) is 6.93. The number of hydrogen-bond donors (Lipinski definition) is 1. The molecule has 1 aromatic carbocycles. The van der Waals surface area contributed by atoms with Gasteiger partial charge >= 0.3 is 5.97 Å². The smallest absolute Gasteiger partial charge is 0.303 e. The predicted octanol–water partition coefficient (Wildman–Crippen LogP) is 2.45. The van der Waals surface area contributed by atoms with Crippen molar-refractivity contribution in [1.82, 2.24) is 4.90 Å². The highest BCUT2D eigenvalue weighted by Gasteiger charge is 2.10. The van der Waals surface area contributed by atoms with Gasteiger partial charge in [-0.1, -0.05) is 0 Å². The van der Waals surface area contributed by atoms with Gasteiger partial charge in [-0.05, 0) is 25.0 Å². The number of aliphatic carboxylic acids is 1. The summed E-state index contributed by atoms with van der Waals surface area (Å²) in [6.07, 6.45) is 1.02. The molecule has 0 unspecified atom stereocenters. The number of carbonyl (C=O) groups excluding carboxylic acids is 1. The molecule has 1 rings (SSSR count). The van der Waals surface area contributed by atoms with Crippen molar-refractivity contribution in [3.05, 3.63) is 29.8 Å². The maximum Gasteiger partial charge on any atom is 0.303 e. The Morgan fingerprint density at radius 2 is 1.95 bits per heavy atom. The van der Waals surface area contributed by atoms with Crippen LogP contribution in [0.1, 0.15) is 25.7 Å². The second kappa shape index (κ2) is 8.96. The van der Waals surface area contributed by atoms with Crippen LogP contribution in [0.3, 0.4) is 0 Å². The summed E-state index contributed by atoms with van der Waals surface area (Å²) in [6, 6.07) is 3.03. The molecule has 0 saturated carbocycles. The molecular weight excluding hydrogens is 296 g/mol. The van der Waals surface area contributed by atoms with Crippen LogP contribution < -0.4 is 4.74 Å². The van der Waals surface area contributed by atoms with Gasteiger partial charge in [0.05, 0.1) is 6.61 Å². The molecule has 7 heteroatoms. The standard InChI is InChI=1S/C15H19F2NO4/c1-18(8-2-5-15(20)21)14(19)4-3-9-22-13-7-6-11(16)10-12(13)17/h6-7,10H,2-5,8-9H2,1H3,(H,20,21). The first-order chi connectivity index (χ1) is 10.4. The van der Waals surface area contributed by atoms with Gasteiger partial charge in [0.15, 0.2) is 11.6 Å². The average molecular weight is 315 g/mol. The van der Waals surface area contributed by atoms with E-state index in [0.29, 0.717) is 19.4 Å². The van der Waals surface area contributed by atoms with E-state index in [2.05, 4.69) is 0 Å². The quantitative estimate of drug-likeness (QED) is 0.711. The van der Waals surface area contributed by atoms with E-state index in [1.54, 1.807) is 7.05 Å². The van der Waals surface area contributed by atoms with Crippen LogP contribution in [0.15, 0.2) is 18.2 Å². The Hall–Kier alpha value is -2.18. The zero-order chi connectivity index (χ0) is 16.5. The number of carboxylic acids is 1. The number of rotatable bonds is 9. The summed E-state index contributed by atoms with van der Waals surface area (Å²) in [6.45, 7) is 0.510. The number of halogens is 2. The zero-order valence-electron chi connectivity index (χ0n) is 12.3. The molecular formula is C15H19F2NO4. The second-order valence-corrected chi connectivity index (χ2v) is 4.84. The van der Waals surface area contributed by atoms with Gasteiger partial charge in [0.2, 0.25) is 5.91 Å². The van der Waals surface area contributed by atoms with Gasteiger partial charge in [0.25, 0.3) is 0 Å². The van der Waals surface area contributed by atoms with E-state index in [0.717, 1.165) is 12.1 Å². The molecule has 0 radical (unpaired) electrons. The van der Waals surface area contributed by atoms with Crippen molar-refractivity contribution >= 4 is 11.9 Å². The fraction of sp³-hybridized carbons (Fsp3) is 0.467. The van der Waals surface area contributed by atoms with Gasteiger partial charge in [0.1, 0.15) is 5.82 Å². The molecule has 122 valence electrons. The Kier molecular flexibility index (Phi) is 7.28. The molecule has 0 aromatic heterocycles. The van der Waals surface area contributed by atoms with Crippen molar-refractivity contribution in [3.8, 4) is 5.75 Å². The van der Waals surface area contributed by atoms with Gasteiger partial charge < -0.3 is 14.7 Å². The van der Waals surface area contributed by atoms with Crippen LogP contribution in [0.4, 0.5) is 8.78 Å². The van der Waals surface area contributed by atoms with Crippen LogP contribution in [-0.4, -0.2) is 42.1 Å². The normalized spacial score (nSPS) is 10.3. The lowest BCUT2D eigenvalue weighted by Crippen LogP contribution is -2.28. The first kappa shape index (κ1) is 17.9. The minimum atomic E-state index is -0.893. The molecule has 0 saturated heterocycles. The van der Waals surface area contributed by atoms with Crippen molar-refractivity contribution in [1.29, 1.82) is 0 Å². The molecule has 0 aliphatic carbocycles. The molecule has 22 heavy (non-hydrogen) atoms. The highest BCUT2D eigenvalue weighted by atomic mass is 19.1. The van der Waals surface area contributed by atoms with Crippen LogP contribution in [0.2, 0.25) is 0 Å². The van der Waals surface area contributed by atoms with Gasteiger partial charge in [-0.15, -0.1) is 0 Å². The minimum absolute atomic E-state index is 0.0184. The van der Waals surface area contributed by atoms with Crippen LogP contribution in [-0.2, 0) is 9.59 Å². The summed E-state index contributed by atoms with van der Waals surface area (Å²) in [5.74, 6) is -2.53. The molecule has 0 fully saturated rings.